The van der Waals surface area contributed by atoms with Crippen LogP contribution in [0.1, 0.15) is 23.9 Å². The molecule has 4 heteroatoms. The molecule has 0 amide bonds. The van der Waals surface area contributed by atoms with Crippen molar-refractivity contribution >= 4 is 22.7 Å². The predicted molar refractivity (Wildman–Crippen MR) is 61.0 cm³/mol. The molecule has 1 aromatic carbocycles. The summed E-state index contributed by atoms with van der Waals surface area (Å²) in [5.74, 6) is 1.24. The van der Waals surface area contributed by atoms with Gasteiger partial charge in [0, 0.05) is 18.8 Å². The molecule has 2 rings (SSSR count). The second kappa shape index (κ2) is 4.21. The molecule has 1 heterocycles. The van der Waals surface area contributed by atoms with Crippen molar-refractivity contribution in [2.75, 3.05) is 5.88 Å². The third-order valence-electron chi connectivity index (χ3n) is 2.37. The van der Waals surface area contributed by atoms with E-state index in [1.54, 1.807) is 0 Å². The predicted octanol–water partition coefficient (Wildman–Crippen LogP) is 2.76. The molecular formula is C11H13ClN2O. The van der Waals surface area contributed by atoms with Crippen LogP contribution in [0.3, 0.4) is 0 Å². The van der Waals surface area contributed by atoms with Gasteiger partial charge in [0.25, 0.3) is 0 Å². The quantitative estimate of drug-likeness (QED) is 0.816. The maximum Gasteiger partial charge on any atom is 0.192 e. The summed E-state index contributed by atoms with van der Waals surface area (Å²) in [6.07, 6.45) is 0.764. The fraction of sp³-hybridized carbons (Fsp3) is 0.364. The molecule has 3 nitrogen and oxygen atoms in total. The first-order valence-electron chi connectivity index (χ1n) is 4.89. The van der Waals surface area contributed by atoms with Gasteiger partial charge in [-0.3, -0.25) is 0 Å². The zero-order valence-electron chi connectivity index (χ0n) is 8.53. The van der Waals surface area contributed by atoms with E-state index in [4.69, 9.17) is 21.8 Å². The highest BCUT2D eigenvalue weighted by Crippen LogP contribution is 2.21. The lowest BCUT2D eigenvalue weighted by Gasteiger charge is -2.08. The van der Waals surface area contributed by atoms with Crippen LogP contribution in [0.25, 0.3) is 11.1 Å². The van der Waals surface area contributed by atoms with Crippen LogP contribution < -0.4 is 5.73 Å². The van der Waals surface area contributed by atoms with Crippen molar-refractivity contribution in [3.05, 3.63) is 29.7 Å². The molecule has 0 aliphatic carbocycles. The molecule has 2 N–H and O–H groups in total. The minimum atomic E-state index is -0.0303. The van der Waals surface area contributed by atoms with Crippen LogP contribution in [0, 0.1) is 6.92 Å². The molecule has 2 aromatic rings. The summed E-state index contributed by atoms with van der Waals surface area (Å²) < 4.78 is 5.44. The molecule has 1 aromatic heterocycles. The van der Waals surface area contributed by atoms with E-state index in [-0.39, 0.29) is 6.04 Å². The maximum atomic E-state index is 5.96. The molecule has 0 radical (unpaired) electrons. The van der Waals surface area contributed by atoms with Crippen LogP contribution in [-0.4, -0.2) is 10.9 Å². The van der Waals surface area contributed by atoms with Crippen LogP contribution in [0.15, 0.2) is 22.6 Å². The monoisotopic (exact) mass is 224 g/mol. The van der Waals surface area contributed by atoms with Crippen molar-refractivity contribution in [3.63, 3.8) is 0 Å². The van der Waals surface area contributed by atoms with E-state index >= 15 is 0 Å². The second-order valence-corrected chi connectivity index (χ2v) is 3.92. The van der Waals surface area contributed by atoms with Gasteiger partial charge in [-0.15, -0.1) is 11.6 Å². The molecular weight excluding hydrogens is 212 g/mol. The average Bonchev–Trinajstić information content (AvgIpc) is 2.57. The Morgan fingerprint density at radius 3 is 3.07 bits per heavy atom. The van der Waals surface area contributed by atoms with Gasteiger partial charge in [0.2, 0.25) is 0 Å². The Labute approximate surface area is 93.2 Å². The Bertz CT molecular complexity index is 467. The van der Waals surface area contributed by atoms with E-state index in [0.717, 1.165) is 23.1 Å². The first-order valence-corrected chi connectivity index (χ1v) is 5.43. The molecule has 0 aliphatic rings. The van der Waals surface area contributed by atoms with E-state index in [1.807, 2.05) is 25.1 Å². The van der Waals surface area contributed by atoms with E-state index in [9.17, 15) is 0 Å². The van der Waals surface area contributed by atoms with Gasteiger partial charge in [-0.1, -0.05) is 6.07 Å². The number of nitrogens with two attached hydrogens (primary N) is 1. The van der Waals surface area contributed by atoms with Crippen molar-refractivity contribution in [1.82, 2.24) is 4.98 Å². The van der Waals surface area contributed by atoms with Crippen LogP contribution in [0.5, 0.6) is 0 Å². The lowest BCUT2D eigenvalue weighted by molar-refractivity contribution is 0.560. The van der Waals surface area contributed by atoms with Gasteiger partial charge in [-0.25, -0.2) is 4.98 Å². The summed E-state index contributed by atoms with van der Waals surface area (Å²) in [5, 5.41) is 0. The molecule has 0 fully saturated rings. The van der Waals surface area contributed by atoms with Crippen molar-refractivity contribution in [3.8, 4) is 0 Å². The number of rotatable bonds is 3. The number of hydrogen-bond acceptors (Lipinski definition) is 3. The number of aryl methyl sites for hydroxylation is 1. The standard InChI is InChI=1S/C11H13ClN2O/c1-7-14-10-3-2-8(6-11(10)15-7)9(13)4-5-12/h2-3,6,9H,4-5,13H2,1H3. The van der Waals surface area contributed by atoms with Crippen LogP contribution in [0.4, 0.5) is 0 Å². The highest BCUT2D eigenvalue weighted by atomic mass is 35.5. The van der Waals surface area contributed by atoms with Crippen molar-refractivity contribution in [1.29, 1.82) is 0 Å². The zero-order chi connectivity index (χ0) is 10.8. The number of alkyl halides is 1. The van der Waals surface area contributed by atoms with Crippen molar-refractivity contribution < 1.29 is 4.42 Å². The Morgan fingerprint density at radius 2 is 2.33 bits per heavy atom. The topological polar surface area (TPSA) is 52.0 Å². The van der Waals surface area contributed by atoms with E-state index in [1.165, 1.54) is 0 Å². The van der Waals surface area contributed by atoms with Crippen LogP contribution >= 0.6 is 11.6 Å². The van der Waals surface area contributed by atoms with Gasteiger partial charge in [-0.2, -0.15) is 0 Å². The largest absolute Gasteiger partial charge is 0.441 e. The molecule has 0 saturated carbocycles. The normalized spacial score (nSPS) is 13.3. The first-order chi connectivity index (χ1) is 7.20. The summed E-state index contributed by atoms with van der Waals surface area (Å²) in [4.78, 5) is 4.23. The number of halogens is 1. The minimum absolute atomic E-state index is 0.0303. The third kappa shape index (κ3) is 2.13. The fourth-order valence-corrected chi connectivity index (χ4v) is 1.81. The molecule has 0 aliphatic heterocycles. The van der Waals surface area contributed by atoms with Crippen molar-refractivity contribution in [2.45, 2.75) is 19.4 Å². The molecule has 1 atom stereocenters. The summed E-state index contributed by atoms with van der Waals surface area (Å²) in [7, 11) is 0. The van der Waals surface area contributed by atoms with E-state index in [2.05, 4.69) is 4.98 Å². The average molecular weight is 225 g/mol. The number of hydrogen-bond donors (Lipinski definition) is 1. The van der Waals surface area contributed by atoms with Crippen LogP contribution in [0.2, 0.25) is 0 Å². The second-order valence-electron chi connectivity index (χ2n) is 3.54. The number of benzene rings is 1. The van der Waals surface area contributed by atoms with E-state index < -0.39 is 0 Å². The van der Waals surface area contributed by atoms with Crippen LogP contribution in [-0.2, 0) is 0 Å². The van der Waals surface area contributed by atoms with Gasteiger partial charge < -0.3 is 10.2 Å². The van der Waals surface area contributed by atoms with Gasteiger partial charge in [0.05, 0.1) is 0 Å². The summed E-state index contributed by atoms with van der Waals surface area (Å²) in [6, 6.07) is 5.81. The number of aromatic nitrogens is 1. The maximum absolute atomic E-state index is 5.96. The first kappa shape index (κ1) is 10.5. The number of oxazole rings is 1. The van der Waals surface area contributed by atoms with Gasteiger partial charge in [-0.05, 0) is 24.1 Å². The molecule has 0 saturated heterocycles. The third-order valence-corrected chi connectivity index (χ3v) is 2.59. The number of fused-ring (bicyclic) bond motifs is 1. The molecule has 0 bridgehead atoms. The Morgan fingerprint density at radius 1 is 1.53 bits per heavy atom. The van der Waals surface area contributed by atoms with Gasteiger partial charge in [0.15, 0.2) is 11.5 Å². The van der Waals surface area contributed by atoms with E-state index in [0.29, 0.717) is 11.8 Å². The molecule has 1 unspecified atom stereocenters. The lowest BCUT2D eigenvalue weighted by atomic mass is 10.1. The SMILES string of the molecule is Cc1nc2ccc(C(N)CCCl)cc2o1. The summed E-state index contributed by atoms with van der Waals surface area (Å²) in [6.45, 7) is 1.83. The summed E-state index contributed by atoms with van der Waals surface area (Å²) >= 11 is 5.65. The highest BCUT2D eigenvalue weighted by molar-refractivity contribution is 6.17. The lowest BCUT2D eigenvalue weighted by Crippen LogP contribution is -2.10. The minimum Gasteiger partial charge on any atom is -0.441 e. The van der Waals surface area contributed by atoms with Crippen molar-refractivity contribution in [2.24, 2.45) is 5.73 Å². The fourth-order valence-electron chi connectivity index (χ4n) is 1.57. The molecule has 15 heavy (non-hydrogen) atoms. The Balaban J connectivity index is 2.37. The highest BCUT2D eigenvalue weighted by Gasteiger charge is 2.08. The molecule has 80 valence electrons. The smallest absolute Gasteiger partial charge is 0.192 e. The van der Waals surface area contributed by atoms with Gasteiger partial charge >= 0.3 is 0 Å². The zero-order valence-corrected chi connectivity index (χ0v) is 9.29. The Hall–Kier alpha value is -1.06. The number of nitrogens with zero attached hydrogens (tertiary/aromatic N) is 1. The Kier molecular flexibility index (Phi) is 2.93. The van der Waals surface area contributed by atoms with Gasteiger partial charge in [0.1, 0.15) is 5.52 Å². The molecule has 0 spiro atoms. The summed E-state index contributed by atoms with van der Waals surface area (Å²) in [5.41, 5.74) is 8.65.